The van der Waals surface area contributed by atoms with E-state index in [1.807, 2.05) is 24.3 Å². The molecule has 19 heavy (non-hydrogen) atoms. The molecule has 102 valence electrons. The van der Waals surface area contributed by atoms with E-state index in [0.717, 1.165) is 24.5 Å². The number of aromatic nitrogens is 4. The molecule has 0 bridgehead atoms. The lowest BCUT2D eigenvalue weighted by Gasteiger charge is -2.19. The van der Waals surface area contributed by atoms with Gasteiger partial charge in [0.25, 0.3) is 0 Å². The molecule has 1 fully saturated rings. The third-order valence-corrected chi connectivity index (χ3v) is 3.33. The number of halogens is 2. The predicted molar refractivity (Wildman–Crippen MR) is 76.0 cm³/mol. The van der Waals surface area contributed by atoms with Crippen LogP contribution in [0.4, 0.5) is 0 Å². The number of rotatable bonds is 2. The number of piperidine rings is 1. The second kappa shape index (κ2) is 6.32. The molecular weight excluding hydrogens is 285 g/mol. The Morgan fingerprint density at radius 2 is 2.21 bits per heavy atom. The van der Waals surface area contributed by atoms with Gasteiger partial charge in [0, 0.05) is 5.02 Å². The van der Waals surface area contributed by atoms with Gasteiger partial charge in [-0.15, -0.1) is 27.4 Å². The average Bonchev–Trinajstić information content (AvgIpc) is 2.89. The van der Waals surface area contributed by atoms with Gasteiger partial charge in [0.1, 0.15) is 0 Å². The fraction of sp³-hybridized carbons (Fsp3) is 0.417. The van der Waals surface area contributed by atoms with Crippen LogP contribution in [0.1, 0.15) is 31.1 Å². The van der Waals surface area contributed by atoms with E-state index in [0.29, 0.717) is 5.02 Å². The van der Waals surface area contributed by atoms with E-state index in [1.54, 1.807) is 0 Å². The summed E-state index contributed by atoms with van der Waals surface area (Å²) in [6, 6.07) is 7.66. The Hall–Kier alpha value is -1.17. The normalized spacial score (nSPS) is 18.9. The molecule has 1 atom stereocenters. The highest BCUT2D eigenvalue weighted by Crippen LogP contribution is 2.20. The molecular formula is C12H15Cl2N5. The Labute approximate surface area is 122 Å². The molecule has 1 aliphatic rings. The van der Waals surface area contributed by atoms with Gasteiger partial charge in [0.05, 0.1) is 11.7 Å². The van der Waals surface area contributed by atoms with Crippen molar-refractivity contribution in [2.45, 2.75) is 25.3 Å². The molecule has 0 saturated carbocycles. The monoisotopic (exact) mass is 299 g/mol. The zero-order valence-corrected chi connectivity index (χ0v) is 11.9. The summed E-state index contributed by atoms with van der Waals surface area (Å²) in [7, 11) is 0. The maximum absolute atomic E-state index is 5.95. The van der Waals surface area contributed by atoms with Gasteiger partial charge in [-0.25, -0.2) is 0 Å². The van der Waals surface area contributed by atoms with E-state index < -0.39 is 0 Å². The van der Waals surface area contributed by atoms with Gasteiger partial charge in [-0.1, -0.05) is 24.1 Å². The van der Waals surface area contributed by atoms with E-state index in [-0.39, 0.29) is 18.4 Å². The molecule has 1 saturated heterocycles. The molecule has 1 aromatic carbocycles. The van der Waals surface area contributed by atoms with Crippen molar-refractivity contribution in [2.24, 2.45) is 0 Å². The first kappa shape index (κ1) is 14.2. The van der Waals surface area contributed by atoms with Crippen LogP contribution in [0.5, 0.6) is 0 Å². The molecule has 5 nitrogen and oxygen atoms in total. The second-order valence-electron chi connectivity index (χ2n) is 4.42. The van der Waals surface area contributed by atoms with Crippen LogP contribution in [0.3, 0.4) is 0 Å². The molecule has 0 radical (unpaired) electrons. The minimum atomic E-state index is 0. The number of hydrogen-bond acceptors (Lipinski definition) is 4. The Morgan fingerprint density at radius 1 is 1.32 bits per heavy atom. The number of hydrogen-bond donors (Lipinski definition) is 1. The van der Waals surface area contributed by atoms with Crippen molar-refractivity contribution in [1.29, 1.82) is 0 Å². The third-order valence-electron chi connectivity index (χ3n) is 3.09. The highest BCUT2D eigenvalue weighted by atomic mass is 35.5. The molecule has 2 heterocycles. The van der Waals surface area contributed by atoms with E-state index >= 15 is 0 Å². The molecule has 7 heteroatoms. The smallest absolute Gasteiger partial charge is 0.192 e. The topological polar surface area (TPSA) is 55.6 Å². The number of nitrogens with one attached hydrogen (secondary N) is 1. The quantitative estimate of drug-likeness (QED) is 0.926. The fourth-order valence-corrected chi connectivity index (χ4v) is 2.33. The van der Waals surface area contributed by atoms with Crippen LogP contribution in [-0.4, -0.2) is 26.8 Å². The van der Waals surface area contributed by atoms with Gasteiger partial charge in [-0.3, -0.25) is 0 Å². The predicted octanol–water partition coefficient (Wildman–Crippen LogP) is 2.55. The van der Waals surface area contributed by atoms with Crippen molar-refractivity contribution in [1.82, 2.24) is 25.5 Å². The molecule has 0 spiro atoms. The number of benzene rings is 1. The number of tetrazole rings is 1. The summed E-state index contributed by atoms with van der Waals surface area (Å²) >= 11 is 5.95. The summed E-state index contributed by atoms with van der Waals surface area (Å²) in [6.07, 6.45) is 3.50. The highest BCUT2D eigenvalue weighted by molar-refractivity contribution is 6.30. The summed E-state index contributed by atoms with van der Waals surface area (Å²) in [5, 5.41) is 16.7. The van der Waals surface area contributed by atoms with Gasteiger partial charge in [-0.2, -0.15) is 0 Å². The van der Waals surface area contributed by atoms with Crippen molar-refractivity contribution in [3.8, 4) is 5.69 Å². The maximum Gasteiger partial charge on any atom is 0.192 e. The zero-order valence-electron chi connectivity index (χ0n) is 10.3. The van der Waals surface area contributed by atoms with E-state index in [2.05, 4.69) is 20.7 Å². The summed E-state index contributed by atoms with van der Waals surface area (Å²) in [5.74, 6) is 0.759. The van der Waals surface area contributed by atoms with E-state index in [1.165, 1.54) is 17.6 Å². The largest absolute Gasteiger partial charge is 0.307 e. The summed E-state index contributed by atoms with van der Waals surface area (Å²) in [4.78, 5) is 1.53. The van der Waals surface area contributed by atoms with Crippen LogP contribution < -0.4 is 5.32 Å². The standard InChI is InChI=1S/C12H14ClN5.ClH/c13-9-4-3-5-10(8-9)18-16-12(15-17-18)11-6-1-2-7-14-11;/h3-5,8,11,14H,1-2,6-7H2;1H. The molecule has 1 unspecified atom stereocenters. The minimum Gasteiger partial charge on any atom is -0.307 e. The lowest BCUT2D eigenvalue weighted by atomic mass is 10.1. The van der Waals surface area contributed by atoms with E-state index in [4.69, 9.17) is 11.6 Å². The molecule has 0 amide bonds. The Morgan fingerprint density at radius 3 is 2.95 bits per heavy atom. The maximum atomic E-state index is 5.95. The highest BCUT2D eigenvalue weighted by Gasteiger charge is 2.19. The number of nitrogens with zero attached hydrogens (tertiary/aromatic N) is 4. The SMILES string of the molecule is Cl.Clc1cccc(-n2nnc(C3CCCCN3)n2)c1. The Balaban J connectivity index is 0.00000133. The second-order valence-corrected chi connectivity index (χ2v) is 4.86. The molecule has 1 aliphatic heterocycles. The lowest BCUT2D eigenvalue weighted by molar-refractivity contribution is 0.397. The van der Waals surface area contributed by atoms with Crippen molar-refractivity contribution in [3.63, 3.8) is 0 Å². The lowest BCUT2D eigenvalue weighted by Crippen LogP contribution is -2.27. The van der Waals surface area contributed by atoms with Crippen molar-refractivity contribution in [2.75, 3.05) is 6.54 Å². The summed E-state index contributed by atoms with van der Waals surface area (Å²) in [6.45, 7) is 1.02. The Kier molecular flexibility index (Phi) is 4.74. The fourth-order valence-electron chi connectivity index (χ4n) is 2.15. The van der Waals surface area contributed by atoms with Gasteiger partial charge < -0.3 is 5.32 Å². The Bertz CT molecular complexity index is 536. The van der Waals surface area contributed by atoms with E-state index in [9.17, 15) is 0 Å². The first-order chi connectivity index (χ1) is 8.83. The first-order valence-electron chi connectivity index (χ1n) is 6.12. The zero-order chi connectivity index (χ0) is 12.4. The van der Waals surface area contributed by atoms with Crippen LogP contribution >= 0.6 is 24.0 Å². The third kappa shape index (κ3) is 3.23. The van der Waals surface area contributed by atoms with Gasteiger partial charge >= 0.3 is 0 Å². The van der Waals surface area contributed by atoms with Crippen LogP contribution in [-0.2, 0) is 0 Å². The van der Waals surface area contributed by atoms with Gasteiger partial charge in [0.15, 0.2) is 5.82 Å². The van der Waals surface area contributed by atoms with Crippen LogP contribution in [0, 0.1) is 0 Å². The van der Waals surface area contributed by atoms with Crippen molar-refractivity contribution < 1.29 is 0 Å². The average molecular weight is 300 g/mol. The molecule has 0 aliphatic carbocycles. The van der Waals surface area contributed by atoms with Gasteiger partial charge in [-0.05, 0) is 42.8 Å². The van der Waals surface area contributed by atoms with Crippen molar-refractivity contribution >= 4 is 24.0 Å². The van der Waals surface area contributed by atoms with Crippen LogP contribution in [0.25, 0.3) is 5.69 Å². The summed E-state index contributed by atoms with van der Waals surface area (Å²) < 4.78 is 0. The molecule has 2 aromatic rings. The van der Waals surface area contributed by atoms with Crippen LogP contribution in [0.2, 0.25) is 5.02 Å². The van der Waals surface area contributed by atoms with Gasteiger partial charge in [0.2, 0.25) is 0 Å². The van der Waals surface area contributed by atoms with Crippen molar-refractivity contribution in [3.05, 3.63) is 35.1 Å². The summed E-state index contributed by atoms with van der Waals surface area (Å²) in [5.41, 5.74) is 0.831. The molecule has 1 aromatic heterocycles. The molecule has 3 rings (SSSR count). The minimum absolute atomic E-state index is 0. The van der Waals surface area contributed by atoms with Crippen LogP contribution in [0.15, 0.2) is 24.3 Å². The first-order valence-corrected chi connectivity index (χ1v) is 6.50. The molecule has 1 N–H and O–H groups in total.